The third-order valence-corrected chi connectivity index (χ3v) is 3.35. The molecule has 21 heavy (non-hydrogen) atoms. The van der Waals surface area contributed by atoms with Gasteiger partial charge in [0.05, 0.1) is 0 Å². The number of hydrogen-bond donors (Lipinski definition) is 1. The SMILES string of the molecule is Cc1ccc(/C=C/C(=O)Nc2ccc(C(C)C)cc2)cc1. The predicted molar refractivity (Wildman–Crippen MR) is 89.4 cm³/mol. The number of amides is 1. The Morgan fingerprint density at radius 1 is 1.00 bits per heavy atom. The van der Waals surface area contributed by atoms with Crippen molar-refractivity contribution in [2.45, 2.75) is 26.7 Å². The lowest BCUT2D eigenvalue weighted by Gasteiger charge is -2.07. The van der Waals surface area contributed by atoms with Crippen LogP contribution in [0, 0.1) is 6.92 Å². The molecule has 2 aromatic rings. The van der Waals surface area contributed by atoms with Gasteiger partial charge in [-0.2, -0.15) is 0 Å². The van der Waals surface area contributed by atoms with Gasteiger partial charge in [-0.3, -0.25) is 4.79 Å². The second kappa shape index (κ2) is 6.89. The zero-order chi connectivity index (χ0) is 15.2. The van der Waals surface area contributed by atoms with Gasteiger partial charge >= 0.3 is 0 Å². The van der Waals surface area contributed by atoms with E-state index >= 15 is 0 Å². The van der Waals surface area contributed by atoms with Crippen LogP contribution in [0.5, 0.6) is 0 Å². The topological polar surface area (TPSA) is 29.1 Å². The van der Waals surface area contributed by atoms with E-state index in [1.165, 1.54) is 11.1 Å². The maximum Gasteiger partial charge on any atom is 0.248 e. The maximum absolute atomic E-state index is 11.9. The summed E-state index contributed by atoms with van der Waals surface area (Å²) in [5.41, 5.74) is 4.31. The van der Waals surface area contributed by atoms with Crippen molar-refractivity contribution in [2.24, 2.45) is 0 Å². The molecule has 0 aliphatic rings. The highest BCUT2D eigenvalue weighted by Crippen LogP contribution is 2.17. The van der Waals surface area contributed by atoms with E-state index in [0.29, 0.717) is 5.92 Å². The highest BCUT2D eigenvalue weighted by Gasteiger charge is 2.01. The number of benzene rings is 2. The van der Waals surface area contributed by atoms with Gasteiger partial charge in [0.2, 0.25) is 5.91 Å². The van der Waals surface area contributed by atoms with Crippen molar-refractivity contribution in [3.8, 4) is 0 Å². The summed E-state index contributed by atoms with van der Waals surface area (Å²) in [4.78, 5) is 11.9. The van der Waals surface area contributed by atoms with E-state index < -0.39 is 0 Å². The fraction of sp³-hybridized carbons (Fsp3) is 0.211. The first kappa shape index (κ1) is 15.0. The van der Waals surface area contributed by atoms with Crippen LogP contribution in [-0.4, -0.2) is 5.91 Å². The van der Waals surface area contributed by atoms with Gasteiger partial charge in [0, 0.05) is 11.8 Å². The first-order valence-corrected chi connectivity index (χ1v) is 7.20. The van der Waals surface area contributed by atoms with Gasteiger partial charge in [0.15, 0.2) is 0 Å². The number of rotatable bonds is 4. The molecule has 1 N–H and O–H groups in total. The molecule has 0 saturated carbocycles. The van der Waals surface area contributed by atoms with Gasteiger partial charge in [0.1, 0.15) is 0 Å². The summed E-state index contributed by atoms with van der Waals surface area (Å²) < 4.78 is 0. The number of carbonyl (C=O) groups is 1. The van der Waals surface area contributed by atoms with E-state index in [0.717, 1.165) is 11.3 Å². The molecule has 2 heteroatoms. The third-order valence-electron chi connectivity index (χ3n) is 3.35. The molecule has 0 aliphatic carbocycles. The van der Waals surface area contributed by atoms with Crippen LogP contribution in [0.4, 0.5) is 5.69 Å². The third kappa shape index (κ3) is 4.60. The van der Waals surface area contributed by atoms with Crippen molar-refractivity contribution in [3.05, 3.63) is 71.3 Å². The highest BCUT2D eigenvalue weighted by atomic mass is 16.1. The van der Waals surface area contributed by atoms with E-state index in [9.17, 15) is 4.79 Å². The highest BCUT2D eigenvalue weighted by molar-refractivity contribution is 6.01. The second-order valence-electron chi connectivity index (χ2n) is 5.51. The molecule has 2 nitrogen and oxygen atoms in total. The van der Waals surface area contributed by atoms with Gasteiger partial charge < -0.3 is 5.32 Å². The Labute approximate surface area is 126 Å². The molecule has 0 saturated heterocycles. The largest absolute Gasteiger partial charge is 0.323 e. The molecule has 0 unspecified atom stereocenters. The number of hydrogen-bond acceptors (Lipinski definition) is 1. The second-order valence-corrected chi connectivity index (χ2v) is 5.51. The Bertz CT molecular complexity index is 622. The summed E-state index contributed by atoms with van der Waals surface area (Å²) in [5.74, 6) is 0.379. The van der Waals surface area contributed by atoms with Crippen LogP contribution >= 0.6 is 0 Å². The standard InChI is InChI=1S/C19H21NO/c1-14(2)17-9-11-18(12-10-17)20-19(21)13-8-16-6-4-15(3)5-7-16/h4-14H,1-3H3,(H,20,21)/b13-8+. The first-order valence-electron chi connectivity index (χ1n) is 7.20. The van der Waals surface area contributed by atoms with Crippen LogP contribution in [0.2, 0.25) is 0 Å². The Hall–Kier alpha value is -2.35. The summed E-state index contributed by atoms with van der Waals surface area (Å²) in [6.45, 7) is 6.34. The average Bonchev–Trinajstić information content (AvgIpc) is 2.47. The molecule has 1 amide bonds. The lowest BCUT2D eigenvalue weighted by Crippen LogP contribution is -2.07. The molecule has 0 spiro atoms. The number of anilines is 1. The van der Waals surface area contributed by atoms with Gasteiger partial charge in [-0.15, -0.1) is 0 Å². The van der Waals surface area contributed by atoms with Crippen LogP contribution in [0.1, 0.15) is 36.5 Å². The molecule has 0 atom stereocenters. The van der Waals surface area contributed by atoms with Crippen LogP contribution in [0.3, 0.4) is 0 Å². The lowest BCUT2D eigenvalue weighted by atomic mass is 10.0. The zero-order valence-electron chi connectivity index (χ0n) is 12.8. The molecule has 2 aromatic carbocycles. The molecule has 0 aromatic heterocycles. The van der Waals surface area contributed by atoms with Gasteiger partial charge in [0.25, 0.3) is 0 Å². The normalized spacial score (nSPS) is 11.0. The summed E-state index contributed by atoms with van der Waals surface area (Å²) in [6.07, 6.45) is 3.37. The summed E-state index contributed by atoms with van der Waals surface area (Å²) in [7, 11) is 0. The Balaban J connectivity index is 1.96. The molecule has 0 radical (unpaired) electrons. The minimum absolute atomic E-state index is 0.118. The van der Waals surface area contributed by atoms with Crippen molar-refractivity contribution in [1.82, 2.24) is 0 Å². The molecular weight excluding hydrogens is 258 g/mol. The molecule has 0 fully saturated rings. The summed E-state index contributed by atoms with van der Waals surface area (Å²) in [6, 6.07) is 16.0. The van der Waals surface area contributed by atoms with E-state index in [2.05, 4.69) is 19.2 Å². The van der Waals surface area contributed by atoms with Crippen molar-refractivity contribution in [1.29, 1.82) is 0 Å². The molecule has 0 bridgehead atoms. The summed E-state index contributed by atoms with van der Waals surface area (Å²) in [5, 5.41) is 2.86. The van der Waals surface area contributed by atoms with Crippen molar-refractivity contribution in [3.63, 3.8) is 0 Å². The van der Waals surface area contributed by atoms with Crippen molar-refractivity contribution >= 4 is 17.7 Å². The minimum Gasteiger partial charge on any atom is -0.323 e. The number of nitrogens with one attached hydrogen (secondary N) is 1. The molecule has 2 rings (SSSR count). The molecule has 0 heterocycles. The fourth-order valence-electron chi connectivity index (χ4n) is 1.98. The number of carbonyl (C=O) groups excluding carboxylic acids is 1. The van der Waals surface area contributed by atoms with E-state index in [1.54, 1.807) is 6.08 Å². The molecule has 108 valence electrons. The molecule has 0 aliphatic heterocycles. The minimum atomic E-state index is -0.118. The monoisotopic (exact) mass is 279 g/mol. The van der Waals surface area contributed by atoms with E-state index in [4.69, 9.17) is 0 Å². The lowest BCUT2D eigenvalue weighted by molar-refractivity contribution is -0.111. The van der Waals surface area contributed by atoms with Crippen LogP contribution in [-0.2, 0) is 4.79 Å². The summed E-state index contributed by atoms with van der Waals surface area (Å²) >= 11 is 0. The van der Waals surface area contributed by atoms with Crippen LogP contribution < -0.4 is 5.32 Å². The maximum atomic E-state index is 11.9. The van der Waals surface area contributed by atoms with Crippen LogP contribution in [0.15, 0.2) is 54.6 Å². The average molecular weight is 279 g/mol. The Kier molecular flexibility index (Phi) is 4.94. The Morgan fingerprint density at radius 2 is 1.62 bits per heavy atom. The smallest absolute Gasteiger partial charge is 0.248 e. The van der Waals surface area contributed by atoms with Crippen molar-refractivity contribution in [2.75, 3.05) is 5.32 Å². The van der Waals surface area contributed by atoms with E-state index in [1.807, 2.05) is 61.5 Å². The quantitative estimate of drug-likeness (QED) is 0.802. The first-order chi connectivity index (χ1) is 10.0. The van der Waals surface area contributed by atoms with Gasteiger partial charge in [-0.1, -0.05) is 55.8 Å². The van der Waals surface area contributed by atoms with Gasteiger partial charge in [-0.05, 0) is 42.2 Å². The van der Waals surface area contributed by atoms with Crippen LogP contribution in [0.25, 0.3) is 6.08 Å². The fourth-order valence-corrected chi connectivity index (χ4v) is 1.98. The van der Waals surface area contributed by atoms with Crippen molar-refractivity contribution < 1.29 is 4.79 Å². The zero-order valence-corrected chi connectivity index (χ0v) is 12.8. The van der Waals surface area contributed by atoms with Gasteiger partial charge in [-0.25, -0.2) is 0 Å². The Morgan fingerprint density at radius 3 is 2.19 bits per heavy atom. The molecular formula is C19H21NO. The predicted octanol–water partition coefficient (Wildman–Crippen LogP) is 4.77. The number of aryl methyl sites for hydroxylation is 1. The van der Waals surface area contributed by atoms with E-state index in [-0.39, 0.29) is 5.91 Å².